The minimum Gasteiger partial charge on any atom is -0.309 e. The molecule has 0 spiro atoms. The van der Waals surface area contributed by atoms with Crippen LogP contribution in [0, 0.1) is 22.7 Å². The van der Waals surface area contributed by atoms with Gasteiger partial charge in [-0.3, -0.25) is 9.59 Å². The van der Waals surface area contributed by atoms with E-state index in [1.54, 1.807) is 0 Å². The number of imide groups is 1. The second-order valence-corrected chi connectivity index (χ2v) is 8.48. The fourth-order valence-corrected chi connectivity index (χ4v) is 4.50. The van der Waals surface area contributed by atoms with Crippen molar-refractivity contribution in [2.24, 2.45) is 15.2 Å². The number of amides is 3. The van der Waals surface area contributed by atoms with Crippen molar-refractivity contribution >= 4 is 28.6 Å². The lowest BCUT2D eigenvalue weighted by atomic mass is 9.92. The third-order valence-corrected chi connectivity index (χ3v) is 5.69. The average molecular weight is 324 g/mol. The lowest BCUT2D eigenvalue weighted by molar-refractivity contribution is -0.170. The zero-order chi connectivity index (χ0) is 16.5. The molecule has 22 heavy (non-hydrogen) atoms. The Labute approximate surface area is 132 Å². The van der Waals surface area contributed by atoms with Gasteiger partial charge in [0.1, 0.15) is 0 Å². The molecule has 0 radical (unpaired) electrons. The Morgan fingerprint density at radius 2 is 1.55 bits per heavy atom. The Bertz CT molecular complexity index is 585. The van der Waals surface area contributed by atoms with E-state index in [0.717, 1.165) is 0 Å². The monoisotopic (exact) mass is 324 g/mol. The molecule has 0 aromatic carbocycles. The van der Waals surface area contributed by atoms with Gasteiger partial charge in [0.05, 0.1) is 0 Å². The van der Waals surface area contributed by atoms with Crippen LogP contribution in [0.1, 0.15) is 40.5 Å². The number of hydroxylamine groups is 2. The predicted octanol–water partition coefficient (Wildman–Crippen LogP) is 2.06. The van der Waals surface area contributed by atoms with Crippen molar-refractivity contribution in [3.63, 3.8) is 0 Å². The number of carbonyl (C=O) groups excluding carboxylic acids is 3. The first-order valence-corrected chi connectivity index (χ1v) is 8.61. The highest BCUT2D eigenvalue weighted by molar-refractivity contribution is 7.87. The molecule has 2 aliphatic heterocycles. The van der Waals surface area contributed by atoms with Crippen molar-refractivity contribution in [3.8, 4) is 11.8 Å². The molecule has 0 bridgehead atoms. The molecule has 0 aliphatic carbocycles. The van der Waals surface area contributed by atoms with Crippen LogP contribution in [0.2, 0.25) is 0 Å². The molecular formula is C15H20N2O4S. The molecule has 7 heteroatoms. The van der Waals surface area contributed by atoms with Gasteiger partial charge >= 0.3 is 6.09 Å². The van der Waals surface area contributed by atoms with Gasteiger partial charge in [-0.1, -0.05) is 22.5 Å². The van der Waals surface area contributed by atoms with Gasteiger partial charge in [-0.15, -0.1) is 5.06 Å². The summed E-state index contributed by atoms with van der Waals surface area (Å²) in [5.74, 6) is 6.77. The molecule has 1 fully saturated rings. The molecule has 0 aromatic rings. The van der Waals surface area contributed by atoms with Gasteiger partial charge in [-0.05, 0) is 27.7 Å². The topological polar surface area (TPSA) is 76.0 Å². The van der Waals surface area contributed by atoms with Crippen LogP contribution in [0.4, 0.5) is 4.79 Å². The van der Waals surface area contributed by atoms with Crippen molar-refractivity contribution < 1.29 is 19.2 Å². The highest BCUT2D eigenvalue weighted by Gasteiger charge is 2.33. The zero-order valence-corrected chi connectivity index (χ0v) is 14.1. The third-order valence-electron chi connectivity index (χ3n) is 3.17. The number of rotatable bonds is 1. The number of nitrogens with zero attached hydrogens (tertiary/aromatic N) is 2. The summed E-state index contributed by atoms with van der Waals surface area (Å²) in [5, 5.41) is 0.528. The van der Waals surface area contributed by atoms with Crippen molar-refractivity contribution in [2.45, 2.75) is 40.5 Å². The first-order chi connectivity index (χ1) is 10.1. The minimum atomic E-state index is -0.888. The molecule has 120 valence electrons. The molecule has 0 aromatic heterocycles. The maximum atomic E-state index is 11.9. The molecule has 2 aliphatic rings. The number of carbonyl (C=O) groups is 3. The fourth-order valence-electron chi connectivity index (χ4n) is 2.22. The highest BCUT2D eigenvalue weighted by Crippen LogP contribution is 2.27. The summed E-state index contributed by atoms with van der Waals surface area (Å²) >= 11 is 0. The molecule has 3 amide bonds. The van der Waals surface area contributed by atoms with Crippen molar-refractivity contribution in [2.75, 3.05) is 11.5 Å². The molecular weight excluding hydrogens is 304 g/mol. The van der Waals surface area contributed by atoms with Crippen LogP contribution >= 0.6 is 0 Å². The summed E-state index contributed by atoms with van der Waals surface area (Å²) in [6, 6.07) is 0. The van der Waals surface area contributed by atoms with E-state index in [9.17, 15) is 14.4 Å². The van der Waals surface area contributed by atoms with E-state index in [1.165, 1.54) is 0 Å². The van der Waals surface area contributed by atoms with E-state index in [0.29, 0.717) is 16.6 Å². The van der Waals surface area contributed by atoms with E-state index >= 15 is 0 Å². The van der Waals surface area contributed by atoms with E-state index in [1.807, 2.05) is 27.7 Å². The van der Waals surface area contributed by atoms with Gasteiger partial charge < -0.3 is 4.84 Å². The Hall–Kier alpha value is -1.68. The second kappa shape index (κ2) is 5.84. The van der Waals surface area contributed by atoms with E-state index < -0.39 is 28.6 Å². The Morgan fingerprint density at radius 3 is 2.00 bits per heavy atom. The van der Waals surface area contributed by atoms with E-state index in [2.05, 4.69) is 16.2 Å². The fraction of sp³-hybridized carbons (Fsp3) is 0.667. The number of hydrogen-bond donors (Lipinski definition) is 0. The Morgan fingerprint density at radius 1 is 1.09 bits per heavy atom. The van der Waals surface area contributed by atoms with Crippen LogP contribution < -0.4 is 0 Å². The summed E-state index contributed by atoms with van der Waals surface area (Å²) in [5.41, 5.74) is -0.472. The molecule has 1 saturated heterocycles. The van der Waals surface area contributed by atoms with Crippen LogP contribution in [0.3, 0.4) is 0 Å². The molecule has 0 saturated carbocycles. The molecule has 0 N–H and O–H groups in total. The van der Waals surface area contributed by atoms with Crippen LogP contribution in [-0.2, 0) is 25.1 Å². The van der Waals surface area contributed by atoms with Gasteiger partial charge in [-0.2, -0.15) is 4.36 Å². The first-order valence-electron chi connectivity index (χ1n) is 7.09. The smallest absolute Gasteiger partial charge is 0.309 e. The molecule has 6 nitrogen and oxygen atoms in total. The average Bonchev–Trinajstić information content (AvgIpc) is 2.62. The SMILES string of the molecule is CC1(C)C#CC(C)(C)CS(=NC(=O)ON2C(=O)CCC2=O)C1. The molecule has 2 heterocycles. The zero-order valence-electron chi connectivity index (χ0n) is 13.3. The minimum absolute atomic E-state index is 0.0751. The Balaban J connectivity index is 2.12. The second-order valence-electron chi connectivity index (χ2n) is 6.80. The highest BCUT2D eigenvalue weighted by atomic mass is 32.2. The van der Waals surface area contributed by atoms with Crippen LogP contribution in [0.25, 0.3) is 0 Å². The maximum Gasteiger partial charge on any atom is 0.464 e. The summed E-state index contributed by atoms with van der Waals surface area (Å²) in [7, 11) is -0.577. The van der Waals surface area contributed by atoms with Crippen molar-refractivity contribution in [1.82, 2.24) is 5.06 Å². The first kappa shape index (κ1) is 16.7. The lowest BCUT2D eigenvalue weighted by Gasteiger charge is -2.20. The maximum absolute atomic E-state index is 11.9. The standard InChI is InChI=1S/C15H20N2O4S/c1-14(2)7-8-15(3,4)10-22(9-14)16-13(20)21-17-11(18)5-6-12(17)19/h5-6,9-10H2,1-4H3. The van der Waals surface area contributed by atoms with Gasteiger partial charge in [0, 0.05) is 35.2 Å². The van der Waals surface area contributed by atoms with Crippen molar-refractivity contribution in [1.29, 1.82) is 0 Å². The van der Waals surface area contributed by atoms with Crippen LogP contribution in [0.15, 0.2) is 4.36 Å². The quantitative estimate of drug-likeness (QED) is 0.546. The van der Waals surface area contributed by atoms with Crippen LogP contribution in [0.5, 0.6) is 0 Å². The molecule has 0 unspecified atom stereocenters. The molecule has 2 rings (SSSR count). The van der Waals surface area contributed by atoms with Gasteiger partial charge in [0.25, 0.3) is 11.8 Å². The largest absolute Gasteiger partial charge is 0.464 e. The van der Waals surface area contributed by atoms with E-state index in [4.69, 9.17) is 4.84 Å². The summed E-state index contributed by atoms with van der Waals surface area (Å²) in [4.78, 5) is 39.6. The third kappa shape index (κ3) is 4.17. The number of hydrogen-bond acceptors (Lipinski definition) is 4. The van der Waals surface area contributed by atoms with Crippen LogP contribution in [-0.4, -0.2) is 34.5 Å². The summed E-state index contributed by atoms with van der Waals surface area (Å²) in [6.45, 7) is 8.04. The van der Waals surface area contributed by atoms with Gasteiger partial charge in [0.15, 0.2) is 0 Å². The summed E-state index contributed by atoms with van der Waals surface area (Å²) < 4.78 is 4.06. The molecule has 0 atom stereocenters. The Kier molecular flexibility index (Phi) is 4.43. The van der Waals surface area contributed by atoms with Crippen molar-refractivity contribution in [3.05, 3.63) is 0 Å². The summed E-state index contributed by atoms with van der Waals surface area (Å²) in [6.07, 6.45) is -0.738. The lowest BCUT2D eigenvalue weighted by Crippen LogP contribution is -2.31. The van der Waals surface area contributed by atoms with E-state index in [-0.39, 0.29) is 23.7 Å². The van der Waals surface area contributed by atoms with Gasteiger partial charge in [-0.25, -0.2) is 4.79 Å². The van der Waals surface area contributed by atoms with Gasteiger partial charge in [0.2, 0.25) is 0 Å². The predicted molar refractivity (Wildman–Crippen MR) is 82.4 cm³/mol. The normalized spacial score (nSPS) is 23.5.